The van der Waals surface area contributed by atoms with Crippen molar-refractivity contribution in [2.75, 3.05) is 0 Å². The van der Waals surface area contributed by atoms with Gasteiger partial charge in [0.2, 0.25) is 0 Å². The third-order valence-electron chi connectivity index (χ3n) is 4.51. The van der Waals surface area contributed by atoms with Gasteiger partial charge in [0.1, 0.15) is 12.2 Å². The van der Waals surface area contributed by atoms with E-state index in [1.54, 1.807) is 24.3 Å². The molecule has 1 aliphatic rings. The first kappa shape index (κ1) is 19.1. The molecule has 6 heteroatoms. The summed E-state index contributed by atoms with van der Waals surface area (Å²) in [4.78, 5) is 35.7. The van der Waals surface area contributed by atoms with Gasteiger partial charge in [-0.05, 0) is 38.3 Å². The summed E-state index contributed by atoms with van der Waals surface area (Å²) in [6.45, 7) is 2.79. The van der Waals surface area contributed by atoms with Crippen molar-refractivity contribution in [1.29, 1.82) is 0 Å². The Kier molecular flexibility index (Phi) is 5.95. The third-order valence-corrected chi connectivity index (χ3v) is 4.51. The van der Waals surface area contributed by atoms with Crippen LogP contribution in [0, 0.1) is 11.8 Å². The van der Waals surface area contributed by atoms with Crippen LogP contribution in [-0.4, -0.2) is 33.5 Å². The monoisotopic (exact) mass is 348 g/mol. The van der Waals surface area contributed by atoms with Crippen molar-refractivity contribution in [3.05, 3.63) is 35.4 Å². The molecule has 1 aliphatic carbocycles. The predicted molar refractivity (Wildman–Crippen MR) is 90.0 cm³/mol. The first-order chi connectivity index (χ1) is 11.7. The molecule has 0 saturated heterocycles. The highest BCUT2D eigenvalue weighted by molar-refractivity contribution is 6.01. The molecular formula is C19H24O6. The number of ketones is 1. The first-order valence-electron chi connectivity index (χ1n) is 8.45. The van der Waals surface area contributed by atoms with Gasteiger partial charge in [0.15, 0.2) is 5.78 Å². The summed E-state index contributed by atoms with van der Waals surface area (Å²) >= 11 is 0. The maximum atomic E-state index is 12.3. The lowest BCUT2D eigenvalue weighted by atomic mass is 9.79. The van der Waals surface area contributed by atoms with Crippen LogP contribution < -0.4 is 0 Å². The minimum Gasteiger partial charge on any atom is -0.481 e. The molecule has 0 heterocycles. The van der Waals surface area contributed by atoms with Crippen molar-refractivity contribution in [1.82, 2.24) is 0 Å². The fraction of sp³-hybridized carbons (Fsp3) is 0.526. The number of benzene rings is 1. The molecule has 0 spiro atoms. The lowest BCUT2D eigenvalue weighted by molar-refractivity contribution is -0.160. The molecule has 25 heavy (non-hydrogen) atoms. The van der Waals surface area contributed by atoms with Crippen LogP contribution >= 0.6 is 0 Å². The van der Waals surface area contributed by atoms with Gasteiger partial charge in [-0.15, -0.1) is 0 Å². The van der Waals surface area contributed by atoms with Crippen molar-refractivity contribution in [3.63, 3.8) is 0 Å². The van der Waals surface area contributed by atoms with Gasteiger partial charge in [-0.25, -0.2) is 0 Å². The number of carbonyl (C=O) groups excluding carboxylic acids is 2. The maximum absolute atomic E-state index is 12.3. The number of Topliss-reactive ketones (excluding diaryl/α,β-unsaturated/α-hetero) is 1. The molecular weight excluding hydrogens is 324 g/mol. The predicted octanol–water partition coefficient (Wildman–Crippen LogP) is 2.57. The van der Waals surface area contributed by atoms with Gasteiger partial charge in [-0.1, -0.05) is 31.0 Å². The average Bonchev–Trinajstić information content (AvgIpc) is 2.58. The van der Waals surface area contributed by atoms with Crippen LogP contribution in [0.15, 0.2) is 24.3 Å². The van der Waals surface area contributed by atoms with E-state index in [-0.39, 0.29) is 6.61 Å². The quantitative estimate of drug-likeness (QED) is 0.605. The number of aliphatic carboxylic acids is 1. The van der Waals surface area contributed by atoms with Crippen LogP contribution in [-0.2, 0) is 20.9 Å². The van der Waals surface area contributed by atoms with Crippen molar-refractivity contribution < 1.29 is 29.3 Å². The number of aliphatic hydroxyl groups is 1. The topological polar surface area (TPSA) is 101 Å². The first-order valence-corrected chi connectivity index (χ1v) is 8.45. The number of hydrogen-bond donors (Lipinski definition) is 2. The number of carbonyl (C=O) groups is 3. The minimum atomic E-state index is -1.48. The molecule has 2 unspecified atom stereocenters. The van der Waals surface area contributed by atoms with Crippen LogP contribution in [0.3, 0.4) is 0 Å². The molecule has 6 nitrogen and oxygen atoms in total. The van der Waals surface area contributed by atoms with E-state index in [9.17, 15) is 24.6 Å². The molecule has 0 radical (unpaired) electrons. The molecule has 2 rings (SSSR count). The summed E-state index contributed by atoms with van der Waals surface area (Å²) in [7, 11) is 0. The van der Waals surface area contributed by atoms with Gasteiger partial charge >= 0.3 is 11.9 Å². The fourth-order valence-electron chi connectivity index (χ4n) is 3.13. The highest BCUT2D eigenvalue weighted by Gasteiger charge is 2.36. The number of hydrogen-bond acceptors (Lipinski definition) is 5. The molecule has 2 N–H and O–H groups in total. The van der Waals surface area contributed by atoms with Crippen LogP contribution in [0.4, 0.5) is 0 Å². The van der Waals surface area contributed by atoms with Gasteiger partial charge in [-0.2, -0.15) is 0 Å². The largest absolute Gasteiger partial charge is 0.481 e. The molecule has 136 valence electrons. The molecule has 1 aromatic carbocycles. The van der Waals surface area contributed by atoms with E-state index in [1.165, 1.54) is 13.8 Å². The van der Waals surface area contributed by atoms with Gasteiger partial charge in [0, 0.05) is 5.56 Å². The second kappa shape index (κ2) is 7.78. The van der Waals surface area contributed by atoms with Gasteiger partial charge in [0.05, 0.1) is 11.8 Å². The Morgan fingerprint density at radius 3 is 2.40 bits per heavy atom. The lowest BCUT2D eigenvalue weighted by Crippen LogP contribution is -2.33. The van der Waals surface area contributed by atoms with Crippen molar-refractivity contribution in [2.24, 2.45) is 11.8 Å². The summed E-state index contributed by atoms with van der Waals surface area (Å²) in [5, 5.41) is 19.1. The van der Waals surface area contributed by atoms with Gasteiger partial charge in [-0.3, -0.25) is 14.4 Å². The summed E-state index contributed by atoms with van der Waals surface area (Å²) in [5.41, 5.74) is -0.528. The molecule has 1 saturated carbocycles. The summed E-state index contributed by atoms with van der Waals surface area (Å²) in [5.74, 6) is -3.19. The summed E-state index contributed by atoms with van der Waals surface area (Å²) < 4.78 is 5.29. The van der Waals surface area contributed by atoms with Crippen LogP contribution in [0.5, 0.6) is 0 Å². The molecule has 0 aromatic heterocycles. The Bertz CT molecular complexity index is 658. The van der Waals surface area contributed by atoms with Crippen LogP contribution in [0.2, 0.25) is 0 Å². The SMILES string of the molecule is CC(C)(O)C(=O)c1cccc(COC(=O)C2CCCCC2C(=O)O)c1. The number of carboxylic acids is 1. The zero-order valence-electron chi connectivity index (χ0n) is 14.5. The molecule has 0 amide bonds. The number of ether oxygens (including phenoxy) is 1. The second-order valence-corrected chi connectivity index (χ2v) is 7.03. The van der Waals surface area contributed by atoms with Gasteiger partial charge in [0.25, 0.3) is 0 Å². The normalized spacial score (nSPS) is 20.8. The standard InChI is InChI=1S/C19H24O6/c1-19(2,24)16(20)13-7-5-6-12(10-13)11-25-18(23)15-9-4-3-8-14(15)17(21)22/h5-7,10,14-15,24H,3-4,8-9,11H2,1-2H3,(H,21,22). The smallest absolute Gasteiger partial charge is 0.310 e. The third kappa shape index (κ3) is 4.89. The Hall–Kier alpha value is -2.21. The van der Waals surface area contributed by atoms with Crippen LogP contribution in [0.1, 0.15) is 55.5 Å². The summed E-state index contributed by atoms with van der Waals surface area (Å²) in [6, 6.07) is 6.53. The van der Waals surface area contributed by atoms with E-state index >= 15 is 0 Å². The molecule has 0 bridgehead atoms. The number of carboxylic acid groups (broad SMARTS) is 1. The van der Waals surface area contributed by atoms with Crippen molar-refractivity contribution in [2.45, 2.75) is 51.7 Å². The zero-order valence-corrected chi connectivity index (χ0v) is 14.5. The molecule has 0 aliphatic heterocycles. The highest BCUT2D eigenvalue weighted by atomic mass is 16.5. The van der Waals surface area contributed by atoms with Crippen LogP contribution in [0.25, 0.3) is 0 Å². The van der Waals surface area contributed by atoms with E-state index in [2.05, 4.69) is 0 Å². The second-order valence-electron chi connectivity index (χ2n) is 7.03. The van der Waals surface area contributed by atoms with E-state index < -0.39 is 35.2 Å². The van der Waals surface area contributed by atoms with Crippen molar-refractivity contribution in [3.8, 4) is 0 Å². The lowest BCUT2D eigenvalue weighted by Gasteiger charge is -2.26. The Morgan fingerprint density at radius 2 is 1.80 bits per heavy atom. The summed E-state index contributed by atoms with van der Waals surface area (Å²) in [6.07, 6.45) is 2.64. The van der Waals surface area contributed by atoms with E-state index in [4.69, 9.17) is 4.74 Å². The zero-order chi connectivity index (χ0) is 18.6. The fourth-order valence-corrected chi connectivity index (χ4v) is 3.13. The maximum Gasteiger partial charge on any atom is 0.310 e. The van der Waals surface area contributed by atoms with Gasteiger partial charge < -0.3 is 14.9 Å². The number of rotatable bonds is 6. The Labute approximate surface area is 146 Å². The highest BCUT2D eigenvalue weighted by Crippen LogP contribution is 2.31. The van der Waals surface area contributed by atoms with Crippen molar-refractivity contribution >= 4 is 17.7 Å². The average molecular weight is 348 g/mol. The van der Waals surface area contributed by atoms with E-state index in [0.717, 1.165) is 12.8 Å². The van der Waals surface area contributed by atoms with E-state index in [0.29, 0.717) is 24.0 Å². The Balaban J connectivity index is 2.02. The number of esters is 1. The Morgan fingerprint density at radius 1 is 1.16 bits per heavy atom. The molecule has 1 aromatic rings. The molecule has 1 fully saturated rings. The van der Waals surface area contributed by atoms with E-state index in [1.807, 2.05) is 0 Å². The minimum absolute atomic E-state index is 0.0331. The molecule has 2 atom stereocenters.